The Bertz CT molecular complexity index is 1210. The molecule has 4 rings (SSSR count). The number of nitrogens with one attached hydrogen (secondary N) is 1. The quantitative estimate of drug-likeness (QED) is 0.446. The summed E-state index contributed by atoms with van der Waals surface area (Å²) in [5.74, 6) is 0.894. The Morgan fingerprint density at radius 3 is 2.71 bits per heavy atom. The maximum Gasteiger partial charge on any atom is 0.242 e. The number of pyridine rings is 1. The molecule has 1 fully saturated rings. The van der Waals surface area contributed by atoms with Crippen LogP contribution in [0.3, 0.4) is 0 Å². The lowest BCUT2D eigenvalue weighted by Crippen LogP contribution is -2.58. The Hall–Kier alpha value is -2.23. The van der Waals surface area contributed by atoms with Crippen LogP contribution in [-0.2, 0) is 10.0 Å². The lowest BCUT2D eigenvalue weighted by Gasteiger charge is -2.42. The molecule has 2 aromatic carbocycles. The molecule has 2 heterocycles. The molecule has 2 atom stereocenters. The number of aromatic nitrogens is 1. The first-order valence-electron chi connectivity index (χ1n) is 11.6. The van der Waals surface area contributed by atoms with Gasteiger partial charge in [0, 0.05) is 43.8 Å². The molecular weight excluding hydrogens is 472 g/mol. The lowest BCUT2D eigenvalue weighted by atomic mass is 10.1. The van der Waals surface area contributed by atoms with Gasteiger partial charge in [-0.1, -0.05) is 29.8 Å². The van der Waals surface area contributed by atoms with Crippen LogP contribution >= 0.6 is 11.6 Å². The first kappa shape index (κ1) is 24.9. The molecule has 0 amide bonds. The van der Waals surface area contributed by atoms with Crippen molar-refractivity contribution in [3.8, 4) is 5.75 Å². The van der Waals surface area contributed by atoms with Gasteiger partial charge in [-0.25, -0.2) is 8.42 Å². The second-order valence-corrected chi connectivity index (χ2v) is 10.7. The minimum atomic E-state index is -3.75. The molecule has 0 aliphatic carbocycles. The fraction of sp³-hybridized carbons (Fsp3) is 0.400. The Kier molecular flexibility index (Phi) is 8.06. The average Bonchev–Trinajstić information content (AvgIpc) is 2.83. The summed E-state index contributed by atoms with van der Waals surface area (Å²) in [7, 11) is -3.75. The Morgan fingerprint density at radius 2 is 1.94 bits per heavy atom. The van der Waals surface area contributed by atoms with Crippen molar-refractivity contribution < 1.29 is 13.2 Å². The SMILES string of the molecule is CC1CN(C(C)NS(=O)(=O)c2ccc(Cl)c3ncccc23)CCN1CCCOc1ccccc1. The molecule has 0 saturated carbocycles. The number of nitrogens with zero attached hydrogens (tertiary/aromatic N) is 3. The minimum absolute atomic E-state index is 0.192. The summed E-state index contributed by atoms with van der Waals surface area (Å²) in [5.41, 5.74) is 0.484. The molecule has 1 aromatic heterocycles. The average molecular weight is 503 g/mol. The molecule has 1 N–H and O–H groups in total. The number of rotatable bonds is 9. The van der Waals surface area contributed by atoms with Gasteiger partial charge in [0.1, 0.15) is 5.75 Å². The first-order chi connectivity index (χ1) is 16.3. The molecule has 0 bridgehead atoms. The number of hydrogen-bond acceptors (Lipinski definition) is 6. The van der Waals surface area contributed by atoms with Crippen molar-refractivity contribution in [3.63, 3.8) is 0 Å². The summed E-state index contributed by atoms with van der Waals surface area (Å²) in [4.78, 5) is 9.04. The molecule has 0 spiro atoms. The van der Waals surface area contributed by atoms with E-state index in [0.717, 1.165) is 38.3 Å². The number of ether oxygens (including phenoxy) is 1. The van der Waals surface area contributed by atoms with Crippen molar-refractivity contribution in [2.24, 2.45) is 0 Å². The van der Waals surface area contributed by atoms with Gasteiger partial charge in [0.25, 0.3) is 0 Å². The topological polar surface area (TPSA) is 74.8 Å². The molecule has 7 nitrogen and oxygen atoms in total. The van der Waals surface area contributed by atoms with Crippen LogP contribution in [0.2, 0.25) is 5.02 Å². The predicted molar refractivity (Wildman–Crippen MR) is 136 cm³/mol. The summed E-state index contributed by atoms with van der Waals surface area (Å²) in [6.45, 7) is 8.16. The summed E-state index contributed by atoms with van der Waals surface area (Å²) in [6.07, 6.45) is 2.22. The predicted octanol–water partition coefficient (Wildman–Crippen LogP) is 3.99. The first-order valence-corrected chi connectivity index (χ1v) is 13.4. The van der Waals surface area contributed by atoms with Crippen LogP contribution in [0.1, 0.15) is 20.3 Å². The number of benzene rings is 2. The maximum absolute atomic E-state index is 13.2. The highest BCUT2D eigenvalue weighted by atomic mass is 35.5. The van der Waals surface area contributed by atoms with E-state index in [-0.39, 0.29) is 11.1 Å². The van der Waals surface area contributed by atoms with Crippen LogP contribution in [0.4, 0.5) is 0 Å². The summed E-state index contributed by atoms with van der Waals surface area (Å²) in [5, 5.41) is 0.951. The third kappa shape index (κ3) is 5.87. The van der Waals surface area contributed by atoms with Gasteiger partial charge in [-0.15, -0.1) is 0 Å². The summed E-state index contributed by atoms with van der Waals surface area (Å²) < 4.78 is 35.1. The van der Waals surface area contributed by atoms with E-state index in [4.69, 9.17) is 16.3 Å². The van der Waals surface area contributed by atoms with Gasteiger partial charge in [0.2, 0.25) is 10.0 Å². The van der Waals surface area contributed by atoms with Crippen LogP contribution in [0, 0.1) is 0 Å². The fourth-order valence-corrected chi connectivity index (χ4v) is 6.03. The van der Waals surface area contributed by atoms with E-state index in [0.29, 0.717) is 28.6 Å². The van der Waals surface area contributed by atoms with Crippen molar-refractivity contribution in [2.75, 3.05) is 32.8 Å². The van der Waals surface area contributed by atoms with Crippen LogP contribution in [0.25, 0.3) is 10.9 Å². The number of halogens is 1. The monoisotopic (exact) mass is 502 g/mol. The fourth-order valence-electron chi connectivity index (χ4n) is 4.39. The van der Waals surface area contributed by atoms with Gasteiger partial charge >= 0.3 is 0 Å². The molecule has 182 valence electrons. The van der Waals surface area contributed by atoms with E-state index in [2.05, 4.69) is 26.4 Å². The minimum Gasteiger partial charge on any atom is -0.494 e. The largest absolute Gasteiger partial charge is 0.494 e. The second-order valence-electron chi connectivity index (χ2n) is 8.64. The van der Waals surface area contributed by atoms with Crippen molar-refractivity contribution >= 4 is 32.5 Å². The van der Waals surface area contributed by atoms with Crippen molar-refractivity contribution in [1.82, 2.24) is 19.5 Å². The van der Waals surface area contributed by atoms with Crippen molar-refractivity contribution in [3.05, 3.63) is 65.8 Å². The highest BCUT2D eigenvalue weighted by molar-refractivity contribution is 7.89. The molecule has 0 radical (unpaired) electrons. The van der Waals surface area contributed by atoms with Crippen molar-refractivity contribution in [1.29, 1.82) is 0 Å². The molecule has 2 unspecified atom stereocenters. The maximum atomic E-state index is 13.2. The van der Waals surface area contributed by atoms with Gasteiger partial charge in [-0.05, 0) is 56.7 Å². The molecule has 1 aliphatic rings. The third-order valence-corrected chi connectivity index (χ3v) is 8.13. The van der Waals surface area contributed by atoms with Gasteiger partial charge in [0.05, 0.1) is 28.2 Å². The Morgan fingerprint density at radius 1 is 1.15 bits per heavy atom. The highest BCUT2D eigenvalue weighted by Crippen LogP contribution is 2.28. The zero-order valence-electron chi connectivity index (χ0n) is 19.5. The van der Waals surface area contributed by atoms with E-state index >= 15 is 0 Å². The third-order valence-electron chi connectivity index (χ3n) is 6.24. The van der Waals surface area contributed by atoms with Crippen LogP contribution in [0.15, 0.2) is 65.7 Å². The van der Waals surface area contributed by atoms with E-state index in [9.17, 15) is 8.42 Å². The number of para-hydroxylation sites is 1. The molecule has 9 heteroatoms. The van der Waals surface area contributed by atoms with E-state index in [1.54, 1.807) is 30.5 Å². The van der Waals surface area contributed by atoms with Crippen LogP contribution < -0.4 is 9.46 Å². The lowest BCUT2D eigenvalue weighted by molar-refractivity contribution is 0.0539. The Labute approximate surface area is 206 Å². The number of sulfonamides is 1. The molecule has 3 aromatic rings. The number of piperazine rings is 1. The molecule has 1 aliphatic heterocycles. The van der Waals surface area contributed by atoms with Gasteiger partial charge in [0.15, 0.2) is 0 Å². The van der Waals surface area contributed by atoms with Crippen molar-refractivity contribution in [2.45, 2.75) is 37.4 Å². The van der Waals surface area contributed by atoms with Crippen LogP contribution in [-0.4, -0.2) is 68.2 Å². The molecule has 1 saturated heterocycles. The normalized spacial score (nSPS) is 18.7. The number of fused-ring (bicyclic) bond motifs is 1. The zero-order valence-corrected chi connectivity index (χ0v) is 21.1. The second kappa shape index (κ2) is 11.0. The van der Waals surface area contributed by atoms with Gasteiger partial charge < -0.3 is 4.74 Å². The molecule has 34 heavy (non-hydrogen) atoms. The molecular formula is C25H31ClN4O3S. The van der Waals surface area contributed by atoms with E-state index in [1.807, 2.05) is 37.3 Å². The van der Waals surface area contributed by atoms with Gasteiger partial charge in [-0.2, -0.15) is 4.72 Å². The standard InChI is InChI=1S/C25H31ClN4O3S/c1-19-18-30(16-15-29(19)14-7-17-33-21-8-4-3-5-9-21)20(2)28-34(31,32)24-12-11-23(26)25-22(24)10-6-13-27-25/h3-6,8-13,19-20,28H,7,14-18H2,1-2H3. The van der Waals surface area contributed by atoms with Crippen LogP contribution in [0.5, 0.6) is 5.75 Å². The summed E-state index contributed by atoms with van der Waals surface area (Å²) >= 11 is 6.21. The van der Waals surface area contributed by atoms with E-state index < -0.39 is 10.0 Å². The smallest absolute Gasteiger partial charge is 0.242 e. The Balaban J connectivity index is 1.31. The zero-order chi connectivity index (χ0) is 24.1. The number of hydrogen-bond donors (Lipinski definition) is 1. The van der Waals surface area contributed by atoms with Gasteiger partial charge in [-0.3, -0.25) is 14.8 Å². The summed E-state index contributed by atoms with van der Waals surface area (Å²) in [6, 6.07) is 16.7. The van der Waals surface area contributed by atoms with E-state index in [1.165, 1.54) is 0 Å². The highest BCUT2D eigenvalue weighted by Gasteiger charge is 2.29.